The van der Waals surface area contributed by atoms with E-state index in [1.54, 1.807) is 13.8 Å². The number of halogens is 1. The summed E-state index contributed by atoms with van der Waals surface area (Å²) in [7, 11) is 0. The van der Waals surface area contributed by atoms with E-state index in [1.807, 2.05) is 6.92 Å². The van der Waals surface area contributed by atoms with Crippen LogP contribution in [0.2, 0.25) is 0 Å². The van der Waals surface area contributed by atoms with E-state index in [2.05, 4.69) is 12.2 Å². The van der Waals surface area contributed by atoms with Gasteiger partial charge in [-0.1, -0.05) is 13.3 Å². The van der Waals surface area contributed by atoms with Crippen molar-refractivity contribution in [1.82, 2.24) is 5.32 Å². The largest absolute Gasteiger partial charge is 0.283 e. The van der Waals surface area contributed by atoms with Gasteiger partial charge in [-0.05, 0) is 27.2 Å². The molecule has 0 rings (SSSR count). The van der Waals surface area contributed by atoms with Crippen LogP contribution in [-0.2, 0) is 0 Å². The molecule has 1 N–H and O–H groups in total. The summed E-state index contributed by atoms with van der Waals surface area (Å²) in [6, 6.07) is 0.282. The lowest BCUT2D eigenvalue weighted by molar-refractivity contribution is 0.144. The maximum absolute atomic E-state index is 12.9. The fourth-order valence-corrected chi connectivity index (χ4v) is 1.09. The van der Waals surface area contributed by atoms with E-state index in [9.17, 15) is 4.39 Å². The van der Waals surface area contributed by atoms with Gasteiger partial charge in [-0.25, -0.2) is 4.39 Å². The zero-order valence-corrected chi connectivity index (χ0v) is 7.37. The van der Waals surface area contributed by atoms with Crippen molar-refractivity contribution in [2.75, 3.05) is 0 Å². The van der Waals surface area contributed by atoms with Gasteiger partial charge >= 0.3 is 0 Å². The summed E-state index contributed by atoms with van der Waals surface area (Å²) < 4.78 is 12.9. The molecule has 0 aliphatic heterocycles. The molecular weight excluding hydrogens is 129 g/mol. The van der Waals surface area contributed by atoms with Gasteiger partial charge in [0, 0.05) is 6.04 Å². The Balaban J connectivity index is 3.47. The Kier molecular flexibility index (Phi) is 3.87. The van der Waals surface area contributed by atoms with Crippen molar-refractivity contribution in [1.29, 1.82) is 0 Å². The predicted molar refractivity (Wildman–Crippen MR) is 42.7 cm³/mol. The third kappa shape index (κ3) is 6.02. The van der Waals surface area contributed by atoms with Crippen molar-refractivity contribution in [2.45, 2.75) is 52.4 Å². The minimum absolute atomic E-state index is 0.282. The predicted octanol–water partition coefficient (Wildman–Crippen LogP) is 2.47. The highest BCUT2D eigenvalue weighted by molar-refractivity contribution is 4.68. The highest BCUT2D eigenvalue weighted by Gasteiger charge is 2.16. The van der Waals surface area contributed by atoms with Crippen LogP contribution in [0.25, 0.3) is 0 Å². The lowest BCUT2D eigenvalue weighted by Gasteiger charge is -2.21. The first-order chi connectivity index (χ1) is 4.45. The van der Waals surface area contributed by atoms with Gasteiger partial charge in [0.15, 0.2) is 5.79 Å². The second-order valence-corrected chi connectivity index (χ2v) is 3.31. The first-order valence-corrected chi connectivity index (χ1v) is 3.92. The van der Waals surface area contributed by atoms with Crippen LogP contribution in [-0.4, -0.2) is 11.8 Å². The molecule has 1 nitrogen and oxygen atoms in total. The summed E-state index contributed by atoms with van der Waals surface area (Å²) in [5.41, 5.74) is 0. The molecule has 1 atom stereocenters. The SMILES string of the molecule is CCCC(C)NC(C)(C)F. The maximum atomic E-state index is 12.9. The average molecular weight is 147 g/mol. The minimum atomic E-state index is -1.23. The molecule has 0 bridgehead atoms. The first kappa shape index (κ1) is 9.89. The lowest BCUT2D eigenvalue weighted by Crippen LogP contribution is -2.40. The minimum Gasteiger partial charge on any atom is -0.283 e. The van der Waals surface area contributed by atoms with Crippen LogP contribution in [0.5, 0.6) is 0 Å². The summed E-state index contributed by atoms with van der Waals surface area (Å²) in [6.45, 7) is 7.19. The highest BCUT2D eigenvalue weighted by atomic mass is 19.1. The van der Waals surface area contributed by atoms with Crippen LogP contribution < -0.4 is 5.32 Å². The molecule has 0 aromatic rings. The Hall–Kier alpha value is -0.110. The number of hydrogen-bond donors (Lipinski definition) is 1. The molecule has 0 aromatic heterocycles. The fraction of sp³-hybridized carbons (Fsp3) is 1.00. The van der Waals surface area contributed by atoms with E-state index >= 15 is 0 Å². The van der Waals surface area contributed by atoms with E-state index in [-0.39, 0.29) is 6.04 Å². The average Bonchev–Trinajstić information content (AvgIpc) is 1.59. The zero-order chi connectivity index (χ0) is 8.20. The fourth-order valence-electron chi connectivity index (χ4n) is 1.09. The quantitative estimate of drug-likeness (QED) is 0.602. The molecule has 0 radical (unpaired) electrons. The van der Waals surface area contributed by atoms with Crippen LogP contribution >= 0.6 is 0 Å². The van der Waals surface area contributed by atoms with Gasteiger partial charge in [0.1, 0.15) is 0 Å². The van der Waals surface area contributed by atoms with E-state index < -0.39 is 5.79 Å². The molecule has 0 amide bonds. The normalized spacial score (nSPS) is 15.3. The smallest absolute Gasteiger partial charge is 0.156 e. The Morgan fingerprint density at radius 3 is 2.30 bits per heavy atom. The van der Waals surface area contributed by atoms with E-state index in [0.29, 0.717) is 0 Å². The number of rotatable bonds is 4. The van der Waals surface area contributed by atoms with Gasteiger partial charge < -0.3 is 0 Å². The summed E-state index contributed by atoms with van der Waals surface area (Å²) >= 11 is 0. The van der Waals surface area contributed by atoms with Gasteiger partial charge in [0.25, 0.3) is 0 Å². The van der Waals surface area contributed by atoms with Gasteiger partial charge in [-0.3, -0.25) is 5.32 Å². The van der Waals surface area contributed by atoms with Crippen molar-refractivity contribution in [2.24, 2.45) is 0 Å². The van der Waals surface area contributed by atoms with Crippen molar-refractivity contribution >= 4 is 0 Å². The van der Waals surface area contributed by atoms with Crippen molar-refractivity contribution in [3.63, 3.8) is 0 Å². The van der Waals surface area contributed by atoms with Crippen molar-refractivity contribution in [3.05, 3.63) is 0 Å². The summed E-state index contributed by atoms with van der Waals surface area (Å²) in [5.74, 6) is -1.23. The van der Waals surface area contributed by atoms with Crippen LogP contribution in [0.4, 0.5) is 4.39 Å². The van der Waals surface area contributed by atoms with Crippen LogP contribution in [0.3, 0.4) is 0 Å². The van der Waals surface area contributed by atoms with Crippen molar-refractivity contribution < 1.29 is 4.39 Å². The number of hydrogen-bond acceptors (Lipinski definition) is 1. The molecule has 0 heterocycles. The van der Waals surface area contributed by atoms with E-state index in [4.69, 9.17) is 0 Å². The molecule has 0 aliphatic rings. The Bertz CT molecular complexity index is 85.7. The summed E-state index contributed by atoms with van der Waals surface area (Å²) in [6.07, 6.45) is 2.14. The van der Waals surface area contributed by atoms with Gasteiger partial charge in [0.2, 0.25) is 0 Å². The molecule has 10 heavy (non-hydrogen) atoms. The topological polar surface area (TPSA) is 12.0 Å². The molecule has 0 spiro atoms. The molecule has 0 saturated carbocycles. The van der Waals surface area contributed by atoms with Crippen molar-refractivity contribution in [3.8, 4) is 0 Å². The summed E-state index contributed by atoms with van der Waals surface area (Å²) in [4.78, 5) is 0. The summed E-state index contributed by atoms with van der Waals surface area (Å²) in [5, 5.41) is 2.85. The van der Waals surface area contributed by atoms with Gasteiger partial charge in [-0.15, -0.1) is 0 Å². The molecular formula is C8H18FN. The molecule has 0 fully saturated rings. The lowest BCUT2D eigenvalue weighted by atomic mass is 10.2. The second kappa shape index (κ2) is 3.91. The highest BCUT2D eigenvalue weighted by Crippen LogP contribution is 2.06. The Morgan fingerprint density at radius 1 is 1.50 bits per heavy atom. The third-order valence-corrected chi connectivity index (χ3v) is 1.31. The number of alkyl halides is 1. The Labute approximate surface area is 63.0 Å². The van der Waals surface area contributed by atoms with E-state index in [0.717, 1.165) is 12.8 Å². The molecule has 62 valence electrons. The molecule has 2 heteroatoms. The third-order valence-electron chi connectivity index (χ3n) is 1.31. The monoisotopic (exact) mass is 147 g/mol. The zero-order valence-electron chi connectivity index (χ0n) is 7.37. The standard InChI is InChI=1S/C8H18FN/c1-5-6-7(2)10-8(3,4)9/h7,10H,5-6H2,1-4H3. The molecule has 1 unspecified atom stereocenters. The van der Waals surface area contributed by atoms with Crippen LogP contribution in [0.15, 0.2) is 0 Å². The molecule has 0 saturated heterocycles. The van der Waals surface area contributed by atoms with Gasteiger partial charge in [-0.2, -0.15) is 0 Å². The number of nitrogens with one attached hydrogen (secondary N) is 1. The first-order valence-electron chi connectivity index (χ1n) is 3.92. The molecule has 0 aromatic carbocycles. The van der Waals surface area contributed by atoms with E-state index in [1.165, 1.54) is 0 Å². The molecule has 0 aliphatic carbocycles. The second-order valence-electron chi connectivity index (χ2n) is 3.31. The van der Waals surface area contributed by atoms with Gasteiger partial charge in [0.05, 0.1) is 0 Å². The Morgan fingerprint density at radius 2 is 2.00 bits per heavy atom. The maximum Gasteiger partial charge on any atom is 0.156 e. The van der Waals surface area contributed by atoms with Crippen LogP contribution in [0.1, 0.15) is 40.5 Å². The van der Waals surface area contributed by atoms with Crippen LogP contribution in [0, 0.1) is 0 Å².